The third kappa shape index (κ3) is 3.12. The molecular weight excluding hydrogens is 250 g/mol. The topological polar surface area (TPSA) is 58.4 Å². The fraction of sp³-hybridized carbons (Fsp3) is 0.562. The Bertz CT molecular complexity index is 471. The van der Waals surface area contributed by atoms with Gasteiger partial charge in [-0.1, -0.05) is 19.4 Å². The molecule has 0 aliphatic carbocycles. The summed E-state index contributed by atoms with van der Waals surface area (Å²) in [4.78, 5) is 14.8. The van der Waals surface area contributed by atoms with Gasteiger partial charge in [-0.05, 0) is 50.3 Å². The highest BCUT2D eigenvalue weighted by molar-refractivity contribution is 5.99. The van der Waals surface area contributed by atoms with E-state index in [1.54, 1.807) is 0 Å². The van der Waals surface area contributed by atoms with E-state index in [1.165, 1.54) is 6.42 Å². The fourth-order valence-corrected chi connectivity index (χ4v) is 3.02. The molecule has 110 valence electrons. The van der Waals surface area contributed by atoms with Gasteiger partial charge in [0.2, 0.25) is 0 Å². The summed E-state index contributed by atoms with van der Waals surface area (Å²) < 4.78 is 0. The molecule has 1 aliphatic heterocycles. The number of hydrogen-bond acceptors (Lipinski definition) is 3. The van der Waals surface area contributed by atoms with E-state index in [9.17, 15) is 4.79 Å². The first-order valence-corrected chi connectivity index (χ1v) is 7.55. The molecule has 0 aromatic heterocycles. The Hall–Kier alpha value is -1.55. The molecule has 1 heterocycles. The lowest BCUT2D eigenvalue weighted by Crippen LogP contribution is -2.44. The van der Waals surface area contributed by atoms with Crippen molar-refractivity contribution in [1.82, 2.24) is 4.90 Å². The minimum absolute atomic E-state index is 0.108. The van der Waals surface area contributed by atoms with Gasteiger partial charge in [-0.15, -0.1) is 0 Å². The molecule has 1 unspecified atom stereocenters. The monoisotopic (exact) mass is 275 g/mol. The first-order valence-electron chi connectivity index (χ1n) is 7.55. The van der Waals surface area contributed by atoms with E-state index in [1.807, 2.05) is 30.0 Å². The number of aryl methyl sites for hydroxylation is 1. The smallest absolute Gasteiger partial charge is 0.256 e. The van der Waals surface area contributed by atoms with Gasteiger partial charge in [-0.3, -0.25) is 10.6 Å². The van der Waals surface area contributed by atoms with Gasteiger partial charge in [-0.25, -0.2) is 0 Å². The Labute approximate surface area is 121 Å². The van der Waals surface area contributed by atoms with E-state index in [0.717, 1.165) is 43.5 Å². The molecule has 0 spiro atoms. The number of benzene rings is 1. The van der Waals surface area contributed by atoms with Crippen molar-refractivity contribution in [2.75, 3.05) is 12.0 Å². The Balaban J connectivity index is 2.24. The molecule has 1 amide bonds. The second-order valence-electron chi connectivity index (χ2n) is 5.63. The summed E-state index contributed by atoms with van der Waals surface area (Å²) in [6.45, 7) is 5.03. The van der Waals surface area contributed by atoms with Crippen LogP contribution >= 0.6 is 0 Å². The van der Waals surface area contributed by atoms with Gasteiger partial charge in [0.1, 0.15) is 0 Å². The van der Waals surface area contributed by atoms with Crippen molar-refractivity contribution in [3.8, 4) is 0 Å². The second kappa shape index (κ2) is 6.75. The highest BCUT2D eigenvalue weighted by Gasteiger charge is 2.27. The average Bonchev–Trinajstić information content (AvgIpc) is 2.47. The lowest BCUT2D eigenvalue weighted by atomic mass is 9.96. The first-order chi connectivity index (χ1) is 9.67. The number of nitrogens with zero attached hydrogens (tertiary/aromatic N) is 1. The number of nitrogens with two attached hydrogens (primary N) is 1. The zero-order valence-corrected chi connectivity index (χ0v) is 12.5. The SMILES string of the molecule is CCCC1CCCCN1C(=O)c1ccc(C)cc1NN. The molecule has 20 heavy (non-hydrogen) atoms. The van der Waals surface area contributed by atoms with Gasteiger partial charge >= 0.3 is 0 Å². The van der Waals surface area contributed by atoms with Crippen molar-refractivity contribution in [2.45, 2.75) is 52.0 Å². The van der Waals surface area contributed by atoms with Gasteiger partial charge in [0.05, 0.1) is 11.3 Å². The van der Waals surface area contributed by atoms with E-state index in [0.29, 0.717) is 11.6 Å². The molecule has 2 rings (SSSR count). The van der Waals surface area contributed by atoms with Crippen molar-refractivity contribution in [2.24, 2.45) is 5.84 Å². The minimum atomic E-state index is 0.108. The highest BCUT2D eigenvalue weighted by Crippen LogP contribution is 2.25. The van der Waals surface area contributed by atoms with Gasteiger partial charge in [0, 0.05) is 12.6 Å². The summed E-state index contributed by atoms with van der Waals surface area (Å²) >= 11 is 0. The molecule has 1 aliphatic rings. The van der Waals surface area contributed by atoms with Crippen molar-refractivity contribution < 1.29 is 4.79 Å². The highest BCUT2D eigenvalue weighted by atomic mass is 16.2. The van der Waals surface area contributed by atoms with Crippen LogP contribution in [0.25, 0.3) is 0 Å². The minimum Gasteiger partial charge on any atom is -0.336 e. The number of carbonyl (C=O) groups excluding carboxylic acids is 1. The summed E-state index contributed by atoms with van der Waals surface area (Å²) in [6, 6.07) is 6.15. The van der Waals surface area contributed by atoms with Crippen LogP contribution in [-0.4, -0.2) is 23.4 Å². The molecular formula is C16H25N3O. The molecule has 0 radical (unpaired) electrons. The van der Waals surface area contributed by atoms with Gasteiger partial charge in [0.25, 0.3) is 5.91 Å². The van der Waals surface area contributed by atoms with Crippen LogP contribution in [0.2, 0.25) is 0 Å². The summed E-state index contributed by atoms with van der Waals surface area (Å²) in [5.41, 5.74) is 5.15. The van der Waals surface area contributed by atoms with Crippen LogP contribution < -0.4 is 11.3 Å². The molecule has 4 heteroatoms. The van der Waals surface area contributed by atoms with Gasteiger partial charge in [0.15, 0.2) is 0 Å². The molecule has 1 saturated heterocycles. The number of likely N-dealkylation sites (tertiary alicyclic amines) is 1. The molecule has 0 saturated carbocycles. The molecule has 1 atom stereocenters. The Kier molecular flexibility index (Phi) is 5.01. The third-order valence-electron chi connectivity index (χ3n) is 4.07. The largest absolute Gasteiger partial charge is 0.336 e. The predicted molar refractivity (Wildman–Crippen MR) is 82.6 cm³/mol. The molecule has 1 aromatic rings. The Morgan fingerprint density at radius 3 is 2.95 bits per heavy atom. The van der Waals surface area contributed by atoms with Crippen molar-refractivity contribution in [1.29, 1.82) is 0 Å². The van der Waals surface area contributed by atoms with Crippen LogP contribution in [0.4, 0.5) is 5.69 Å². The second-order valence-corrected chi connectivity index (χ2v) is 5.63. The predicted octanol–water partition coefficient (Wildman–Crippen LogP) is 3.08. The lowest BCUT2D eigenvalue weighted by Gasteiger charge is -2.36. The van der Waals surface area contributed by atoms with Gasteiger partial charge in [-0.2, -0.15) is 0 Å². The summed E-state index contributed by atoms with van der Waals surface area (Å²) in [6.07, 6.45) is 5.65. The molecule has 1 aromatic carbocycles. The van der Waals surface area contributed by atoms with Crippen LogP contribution in [0.3, 0.4) is 0 Å². The summed E-state index contributed by atoms with van der Waals surface area (Å²) in [7, 11) is 0. The van der Waals surface area contributed by atoms with Crippen molar-refractivity contribution in [3.63, 3.8) is 0 Å². The quantitative estimate of drug-likeness (QED) is 0.656. The first kappa shape index (κ1) is 14.9. The number of rotatable bonds is 4. The number of piperidine rings is 1. The third-order valence-corrected chi connectivity index (χ3v) is 4.07. The maximum Gasteiger partial charge on any atom is 0.256 e. The molecule has 3 N–H and O–H groups in total. The van der Waals surface area contributed by atoms with E-state index >= 15 is 0 Å². The van der Waals surface area contributed by atoms with E-state index < -0.39 is 0 Å². The van der Waals surface area contributed by atoms with Crippen molar-refractivity contribution in [3.05, 3.63) is 29.3 Å². The lowest BCUT2D eigenvalue weighted by molar-refractivity contribution is 0.0601. The van der Waals surface area contributed by atoms with Crippen molar-refractivity contribution >= 4 is 11.6 Å². The number of amides is 1. The van der Waals surface area contributed by atoms with E-state index in [2.05, 4.69) is 12.3 Å². The number of nitrogen functional groups attached to an aromatic ring is 1. The van der Waals surface area contributed by atoms with Gasteiger partial charge < -0.3 is 10.3 Å². The number of nitrogens with one attached hydrogen (secondary N) is 1. The van der Waals surface area contributed by atoms with Crippen LogP contribution in [0.5, 0.6) is 0 Å². The molecule has 0 bridgehead atoms. The summed E-state index contributed by atoms with van der Waals surface area (Å²) in [5.74, 6) is 5.67. The van der Waals surface area contributed by atoms with Crippen LogP contribution in [-0.2, 0) is 0 Å². The average molecular weight is 275 g/mol. The fourth-order valence-electron chi connectivity index (χ4n) is 3.02. The molecule has 4 nitrogen and oxygen atoms in total. The molecule has 1 fully saturated rings. The number of hydrogen-bond donors (Lipinski definition) is 2. The number of hydrazine groups is 1. The maximum atomic E-state index is 12.8. The van der Waals surface area contributed by atoms with E-state index in [4.69, 9.17) is 5.84 Å². The standard InChI is InChI=1S/C16H25N3O/c1-3-6-13-7-4-5-10-19(13)16(20)14-9-8-12(2)11-15(14)18-17/h8-9,11,13,18H,3-7,10,17H2,1-2H3. The number of carbonyl (C=O) groups is 1. The Morgan fingerprint density at radius 2 is 2.25 bits per heavy atom. The van der Waals surface area contributed by atoms with Crippen LogP contribution in [0.15, 0.2) is 18.2 Å². The zero-order chi connectivity index (χ0) is 14.5. The Morgan fingerprint density at radius 1 is 1.45 bits per heavy atom. The van der Waals surface area contributed by atoms with Crippen LogP contribution in [0.1, 0.15) is 54.9 Å². The maximum absolute atomic E-state index is 12.8. The number of anilines is 1. The van der Waals surface area contributed by atoms with E-state index in [-0.39, 0.29) is 5.91 Å². The normalized spacial score (nSPS) is 18.9. The summed E-state index contributed by atoms with van der Waals surface area (Å²) in [5, 5.41) is 0. The van der Waals surface area contributed by atoms with Crippen LogP contribution in [0, 0.1) is 6.92 Å². The zero-order valence-electron chi connectivity index (χ0n) is 12.5.